The van der Waals surface area contributed by atoms with Gasteiger partial charge >= 0.3 is 0 Å². The molecular formula is C12H17ClO5. The van der Waals surface area contributed by atoms with Gasteiger partial charge in [-0.05, 0) is 17.2 Å². The molecule has 0 aliphatic rings. The smallest absolute Gasteiger partial charge is 0.247 e. The molecule has 1 rings (SSSR count). The van der Waals surface area contributed by atoms with Crippen molar-refractivity contribution in [2.24, 2.45) is 0 Å². The van der Waals surface area contributed by atoms with Crippen LogP contribution in [0.2, 0.25) is 0 Å². The molecule has 1 aromatic rings. The number of carbonyl (C=O) groups excluding carboxylic acids is 1. The molecular weight excluding hydrogens is 260 g/mol. The average Bonchev–Trinajstić information content (AvgIpc) is 2.38. The first-order valence-electron chi connectivity index (χ1n) is 5.18. The maximum atomic E-state index is 9.90. The second kappa shape index (κ2) is 12.5. The highest BCUT2D eigenvalue weighted by Crippen LogP contribution is 1.98. The molecule has 18 heavy (non-hydrogen) atoms. The Morgan fingerprint density at radius 2 is 1.94 bits per heavy atom. The summed E-state index contributed by atoms with van der Waals surface area (Å²) in [5, 5.41) is 7.79. The van der Waals surface area contributed by atoms with Gasteiger partial charge in [-0.2, -0.15) is 0 Å². The van der Waals surface area contributed by atoms with Crippen LogP contribution in [0, 0.1) is 0 Å². The summed E-state index contributed by atoms with van der Waals surface area (Å²) in [6.07, 6.45) is 0. The second-order valence-electron chi connectivity index (χ2n) is 3.07. The van der Waals surface area contributed by atoms with Gasteiger partial charge in [0.1, 0.15) is 20.2 Å². The molecule has 0 bridgehead atoms. The Morgan fingerprint density at radius 1 is 1.28 bits per heavy atom. The van der Waals surface area contributed by atoms with E-state index >= 15 is 0 Å². The first kappa shape index (κ1) is 17.0. The summed E-state index contributed by atoms with van der Waals surface area (Å²) in [5.41, 5.74) is 1.08. The predicted octanol–water partition coefficient (Wildman–Crippen LogP) is 1.53. The number of hydrogen-bond acceptors (Lipinski definition) is 5. The van der Waals surface area contributed by atoms with Crippen molar-refractivity contribution in [3.05, 3.63) is 35.9 Å². The van der Waals surface area contributed by atoms with Crippen molar-refractivity contribution in [2.75, 3.05) is 27.3 Å². The lowest BCUT2D eigenvalue weighted by atomic mass is 10.2. The number of ether oxygens (including phenoxy) is 3. The summed E-state index contributed by atoms with van der Waals surface area (Å²) < 4.78 is 13.8. The maximum absolute atomic E-state index is 9.90. The van der Waals surface area contributed by atoms with Crippen LogP contribution < -0.4 is 0 Å². The lowest BCUT2D eigenvalue weighted by molar-refractivity contribution is -0.120. The molecule has 0 saturated carbocycles. The summed E-state index contributed by atoms with van der Waals surface area (Å²) in [5.74, 6) is 0. The number of aliphatic hydroxyl groups is 1. The molecule has 0 radical (unpaired) electrons. The van der Waals surface area contributed by atoms with Gasteiger partial charge in [0.05, 0.1) is 6.61 Å². The first-order chi connectivity index (χ1) is 8.70. The molecule has 102 valence electrons. The Bertz CT molecular complexity index is 305. The predicted molar refractivity (Wildman–Crippen MR) is 67.0 cm³/mol. The third-order valence-corrected chi connectivity index (χ3v) is 1.73. The molecule has 0 spiro atoms. The van der Waals surface area contributed by atoms with Crippen molar-refractivity contribution in [3.63, 3.8) is 0 Å². The number of rotatable bonds is 7. The first-order valence-corrected chi connectivity index (χ1v) is 5.56. The normalized spacial score (nSPS) is 9.50. The molecule has 1 N–H and O–H groups in total. The van der Waals surface area contributed by atoms with Gasteiger partial charge in [-0.3, -0.25) is 4.79 Å². The second-order valence-corrected chi connectivity index (χ2v) is 3.49. The van der Waals surface area contributed by atoms with E-state index in [2.05, 4.69) is 9.47 Å². The van der Waals surface area contributed by atoms with E-state index in [1.54, 1.807) is 0 Å². The maximum Gasteiger partial charge on any atom is 0.247 e. The Kier molecular flexibility index (Phi) is 11.8. The Balaban J connectivity index is 0.000000331. The molecule has 1 aromatic carbocycles. The summed E-state index contributed by atoms with van der Waals surface area (Å²) in [4.78, 5) is 9.90. The molecule has 0 fully saturated rings. The Morgan fingerprint density at radius 3 is 2.44 bits per heavy atom. The molecule has 5 nitrogen and oxygen atoms in total. The van der Waals surface area contributed by atoms with Gasteiger partial charge in [-0.15, -0.1) is 0 Å². The molecule has 0 amide bonds. The lowest BCUT2D eigenvalue weighted by Gasteiger charge is -1.98. The molecule has 6 heteroatoms. The van der Waals surface area contributed by atoms with Crippen molar-refractivity contribution >= 4 is 16.8 Å². The molecule has 0 heterocycles. The number of carbonyl (C=O) groups is 1. The van der Waals surface area contributed by atoms with E-state index in [1.165, 1.54) is 7.11 Å². The largest absolute Gasteiger partial charge is 0.371 e. The van der Waals surface area contributed by atoms with Gasteiger partial charge in [-0.1, -0.05) is 30.3 Å². The van der Waals surface area contributed by atoms with Crippen LogP contribution in [0.3, 0.4) is 0 Å². The standard InChI is InChI=1S/C8H10O2.C4H7ClO3/c9-7-10-6-8-4-2-1-3-5-8;1-7-3-8-2-4(5)6/h1-5,9H,6-7H2;2-3H2,1H3. The highest BCUT2D eigenvalue weighted by Gasteiger charge is 1.92. The number of aliphatic hydroxyl groups excluding tert-OH is 1. The van der Waals surface area contributed by atoms with Gasteiger partial charge in [-0.25, -0.2) is 0 Å². The third-order valence-electron chi connectivity index (χ3n) is 1.62. The fourth-order valence-corrected chi connectivity index (χ4v) is 1.02. The van der Waals surface area contributed by atoms with Gasteiger partial charge in [0, 0.05) is 7.11 Å². The fourth-order valence-electron chi connectivity index (χ4n) is 0.943. The zero-order valence-electron chi connectivity index (χ0n) is 10.2. The van der Waals surface area contributed by atoms with Crippen molar-refractivity contribution in [1.82, 2.24) is 0 Å². The van der Waals surface area contributed by atoms with Crippen LogP contribution >= 0.6 is 11.6 Å². The number of hydrogen-bond donors (Lipinski definition) is 1. The van der Waals surface area contributed by atoms with Crippen molar-refractivity contribution in [3.8, 4) is 0 Å². The van der Waals surface area contributed by atoms with E-state index in [-0.39, 0.29) is 20.2 Å². The van der Waals surface area contributed by atoms with Gasteiger partial charge in [0.2, 0.25) is 5.24 Å². The van der Waals surface area contributed by atoms with Crippen LogP contribution in [0.1, 0.15) is 5.56 Å². The molecule has 0 atom stereocenters. The van der Waals surface area contributed by atoms with Gasteiger partial charge in [0.25, 0.3) is 0 Å². The van der Waals surface area contributed by atoms with Crippen molar-refractivity contribution in [1.29, 1.82) is 0 Å². The minimum atomic E-state index is -0.512. The Hall–Kier alpha value is -0.980. The highest BCUT2D eigenvalue weighted by molar-refractivity contribution is 6.63. The zero-order valence-corrected chi connectivity index (χ0v) is 10.9. The third kappa shape index (κ3) is 11.5. The van der Waals surface area contributed by atoms with E-state index in [9.17, 15) is 4.79 Å². The van der Waals surface area contributed by atoms with E-state index in [1.807, 2.05) is 30.3 Å². The van der Waals surface area contributed by atoms with Gasteiger partial charge < -0.3 is 19.3 Å². The van der Waals surface area contributed by atoms with Crippen LogP contribution in [-0.2, 0) is 25.6 Å². The summed E-state index contributed by atoms with van der Waals surface area (Å²) in [6, 6.07) is 9.74. The minimum absolute atomic E-state index is 0.0879. The summed E-state index contributed by atoms with van der Waals surface area (Å²) >= 11 is 4.89. The topological polar surface area (TPSA) is 65.0 Å². The van der Waals surface area contributed by atoms with Gasteiger partial charge in [0.15, 0.2) is 0 Å². The number of methoxy groups -OCH3 is 1. The van der Waals surface area contributed by atoms with E-state index in [4.69, 9.17) is 21.4 Å². The zero-order chi connectivity index (χ0) is 13.6. The highest BCUT2D eigenvalue weighted by atomic mass is 35.5. The molecule has 0 aliphatic heterocycles. The molecule has 0 unspecified atom stereocenters. The summed E-state index contributed by atoms with van der Waals surface area (Å²) in [7, 11) is 1.47. The average molecular weight is 277 g/mol. The van der Waals surface area contributed by atoms with Crippen molar-refractivity contribution in [2.45, 2.75) is 6.61 Å². The van der Waals surface area contributed by atoms with Crippen LogP contribution in [0.25, 0.3) is 0 Å². The molecule has 0 aliphatic carbocycles. The monoisotopic (exact) mass is 276 g/mol. The van der Waals surface area contributed by atoms with E-state index in [0.29, 0.717) is 6.61 Å². The summed E-state index contributed by atoms with van der Waals surface area (Å²) in [6.45, 7) is 0.292. The minimum Gasteiger partial charge on any atom is -0.371 e. The lowest BCUT2D eigenvalue weighted by Crippen LogP contribution is -2.03. The van der Waals surface area contributed by atoms with E-state index in [0.717, 1.165) is 5.56 Å². The van der Waals surface area contributed by atoms with Crippen LogP contribution in [-0.4, -0.2) is 37.7 Å². The van der Waals surface area contributed by atoms with Crippen LogP contribution in [0.15, 0.2) is 30.3 Å². The molecule has 0 aromatic heterocycles. The SMILES string of the molecule is COCOCC(=O)Cl.OCOCc1ccccc1. The Labute approximate surface area is 111 Å². The number of benzene rings is 1. The number of halogens is 1. The quantitative estimate of drug-likeness (QED) is 0.465. The van der Waals surface area contributed by atoms with E-state index < -0.39 is 5.24 Å². The fraction of sp³-hybridized carbons (Fsp3) is 0.417. The van der Waals surface area contributed by atoms with Crippen LogP contribution in [0.4, 0.5) is 0 Å². The van der Waals surface area contributed by atoms with Crippen LogP contribution in [0.5, 0.6) is 0 Å². The van der Waals surface area contributed by atoms with Crippen molar-refractivity contribution < 1.29 is 24.1 Å². The molecule has 0 saturated heterocycles.